The first-order valence-corrected chi connectivity index (χ1v) is 9.93. The normalized spacial score (nSPS) is 14.8. The summed E-state index contributed by atoms with van der Waals surface area (Å²) in [6.45, 7) is 5.63. The largest absolute Gasteiger partial charge is 0.494 e. The van der Waals surface area contributed by atoms with Gasteiger partial charge in [-0.3, -0.25) is 15.0 Å². The van der Waals surface area contributed by atoms with Gasteiger partial charge in [-0.05, 0) is 57.1 Å². The summed E-state index contributed by atoms with van der Waals surface area (Å²) in [7, 11) is 0. The van der Waals surface area contributed by atoms with Crippen molar-refractivity contribution in [2.75, 3.05) is 31.6 Å². The van der Waals surface area contributed by atoms with E-state index in [1.807, 2.05) is 24.4 Å². The number of piperidine rings is 1. The lowest BCUT2D eigenvalue weighted by molar-refractivity contribution is -0.118. The molecule has 2 aromatic rings. The van der Waals surface area contributed by atoms with Crippen molar-refractivity contribution in [1.82, 2.24) is 9.88 Å². The number of thiazole rings is 1. The quantitative estimate of drug-likeness (QED) is 0.764. The average Bonchev–Trinajstić information content (AvgIpc) is 3.09. The molecule has 0 spiro atoms. The highest BCUT2D eigenvalue weighted by Gasteiger charge is 2.13. The van der Waals surface area contributed by atoms with Gasteiger partial charge in [-0.2, -0.15) is 0 Å². The smallest absolute Gasteiger partial charge is 0.264 e. The van der Waals surface area contributed by atoms with Crippen LogP contribution in [-0.4, -0.2) is 42.1 Å². The standard InChI is InChI=1S/C19H25N3O3S/c1-2-24-16-6-8-17(9-7-16)25-13-18(23)21-19-20-15(14-26-19)12-22-10-4-3-5-11-22/h6-9,14H,2-5,10-13H2,1H3,(H,20,21,23). The molecule has 1 aliphatic rings. The van der Waals surface area contributed by atoms with E-state index >= 15 is 0 Å². The topological polar surface area (TPSA) is 63.7 Å². The molecule has 1 amide bonds. The minimum Gasteiger partial charge on any atom is -0.494 e. The first kappa shape index (κ1) is 18.7. The van der Waals surface area contributed by atoms with Crippen molar-refractivity contribution in [2.24, 2.45) is 0 Å². The van der Waals surface area contributed by atoms with E-state index in [1.165, 1.54) is 30.6 Å². The molecule has 1 fully saturated rings. The van der Waals surface area contributed by atoms with Gasteiger partial charge in [0.15, 0.2) is 11.7 Å². The Balaban J connectivity index is 1.43. The fourth-order valence-corrected chi connectivity index (χ4v) is 3.60. The maximum absolute atomic E-state index is 12.0. The number of aromatic nitrogens is 1. The summed E-state index contributed by atoms with van der Waals surface area (Å²) in [6.07, 6.45) is 3.84. The van der Waals surface area contributed by atoms with Crippen LogP contribution in [0.3, 0.4) is 0 Å². The Bertz CT molecular complexity index is 696. The Hall–Kier alpha value is -2.12. The average molecular weight is 375 g/mol. The van der Waals surface area contributed by atoms with Crippen molar-refractivity contribution >= 4 is 22.4 Å². The molecule has 0 saturated carbocycles. The third-order valence-electron chi connectivity index (χ3n) is 4.14. The van der Waals surface area contributed by atoms with E-state index in [1.54, 1.807) is 12.1 Å². The van der Waals surface area contributed by atoms with Gasteiger partial charge < -0.3 is 9.47 Å². The lowest BCUT2D eigenvalue weighted by Crippen LogP contribution is -2.29. The second-order valence-electron chi connectivity index (χ2n) is 6.22. The molecule has 26 heavy (non-hydrogen) atoms. The number of nitrogens with zero attached hydrogens (tertiary/aromatic N) is 2. The Morgan fingerprint density at radius 3 is 2.54 bits per heavy atom. The predicted octanol–water partition coefficient (Wildman–Crippen LogP) is 3.55. The van der Waals surface area contributed by atoms with E-state index in [-0.39, 0.29) is 12.5 Å². The fourth-order valence-electron chi connectivity index (χ4n) is 2.89. The highest BCUT2D eigenvalue weighted by molar-refractivity contribution is 7.13. The molecule has 2 heterocycles. The summed E-state index contributed by atoms with van der Waals surface area (Å²) in [5.74, 6) is 1.21. The highest BCUT2D eigenvalue weighted by Crippen LogP contribution is 2.20. The molecule has 1 aliphatic heterocycles. The number of likely N-dealkylation sites (tertiary alicyclic amines) is 1. The van der Waals surface area contributed by atoms with E-state index in [0.29, 0.717) is 17.5 Å². The Kier molecular flexibility index (Phi) is 6.85. The van der Waals surface area contributed by atoms with Crippen LogP contribution in [0.2, 0.25) is 0 Å². The zero-order chi connectivity index (χ0) is 18.2. The SMILES string of the molecule is CCOc1ccc(OCC(=O)Nc2nc(CN3CCCCC3)cs2)cc1. The monoisotopic (exact) mass is 375 g/mol. The number of amides is 1. The lowest BCUT2D eigenvalue weighted by atomic mass is 10.1. The number of hydrogen-bond donors (Lipinski definition) is 1. The number of carbonyl (C=O) groups is 1. The molecule has 1 N–H and O–H groups in total. The summed E-state index contributed by atoms with van der Waals surface area (Å²) in [4.78, 5) is 19.0. The second-order valence-corrected chi connectivity index (χ2v) is 7.08. The Morgan fingerprint density at radius 2 is 1.85 bits per heavy atom. The third-order valence-corrected chi connectivity index (χ3v) is 4.94. The number of carbonyl (C=O) groups excluding carboxylic acids is 1. The van der Waals surface area contributed by atoms with Crippen LogP contribution < -0.4 is 14.8 Å². The van der Waals surface area contributed by atoms with Gasteiger partial charge in [0.25, 0.3) is 5.91 Å². The summed E-state index contributed by atoms with van der Waals surface area (Å²) in [5, 5.41) is 5.44. The van der Waals surface area contributed by atoms with Crippen molar-refractivity contribution in [1.29, 1.82) is 0 Å². The van der Waals surface area contributed by atoms with E-state index < -0.39 is 0 Å². The number of rotatable bonds is 8. The lowest BCUT2D eigenvalue weighted by Gasteiger charge is -2.25. The van der Waals surface area contributed by atoms with Crippen molar-refractivity contribution in [2.45, 2.75) is 32.7 Å². The summed E-state index contributed by atoms with van der Waals surface area (Å²) in [6, 6.07) is 7.23. The molecule has 6 nitrogen and oxygen atoms in total. The van der Waals surface area contributed by atoms with Crippen LogP contribution in [0.15, 0.2) is 29.6 Å². The van der Waals surface area contributed by atoms with Gasteiger partial charge in [0.2, 0.25) is 0 Å². The molecule has 1 aromatic heterocycles. The van der Waals surface area contributed by atoms with Gasteiger partial charge in [-0.25, -0.2) is 4.98 Å². The van der Waals surface area contributed by atoms with Gasteiger partial charge in [0.1, 0.15) is 11.5 Å². The van der Waals surface area contributed by atoms with Crippen molar-refractivity contribution in [3.05, 3.63) is 35.3 Å². The first-order valence-electron chi connectivity index (χ1n) is 9.05. The van der Waals surface area contributed by atoms with Crippen LogP contribution in [0.4, 0.5) is 5.13 Å². The molecule has 140 valence electrons. The second kappa shape index (κ2) is 9.54. The minimum absolute atomic E-state index is 0.0466. The Morgan fingerprint density at radius 1 is 1.15 bits per heavy atom. The molecule has 0 bridgehead atoms. The molecule has 0 aliphatic carbocycles. The zero-order valence-corrected chi connectivity index (χ0v) is 15.9. The maximum Gasteiger partial charge on any atom is 0.264 e. The van der Waals surface area contributed by atoms with Crippen LogP contribution in [0.5, 0.6) is 11.5 Å². The van der Waals surface area contributed by atoms with Gasteiger partial charge >= 0.3 is 0 Å². The molecule has 3 rings (SSSR count). The molecule has 1 aromatic carbocycles. The molecule has 1 saturated heterocycles. The zero-order valence-electron chi connectivity index (χ0n) is 15.1. The van der Waals surface area contributed by atoms with E-state index in [4.69, 9.17) is 9.47 Å². The van der Waals surface area contributed by atoms with Crippen molar-refractivity contribution < 1.29 is 14.3 Å². The van der Waals surface area contributed by atoms with Gasteiger partial charge in [0.05, 0.1) is 12.3 Å². The number of ether oxygens (including phenoxy) is 2. The summed E-state index contributed by atoms with van der Waals surface area (Å²) < 4.78 is 10.9. The van der Waals surface area contributed by atoms with E-state index in [0.717, 1.165) is 31.1 Å². The number of hydrogen-bond acceptors (Lipinski definition) is 6. The van der Waals surface area contributed by atoms with Crippen LogP contribution in [-0.2, 0) is 11.3 Å². The Labute approximate surface area is 158 Å². The molecular weight excluding hydrogens is 350 g/mol. The molecule has 0 unspecified atom stereocenters. The maximum atomic E-state index is 12.0. The van der Waals surface area contributed by atoms with Crippen molar-refractivity contribution in [3.63, 3.8) is 0 Å². The van der Waals surface area contributed by atoms with Crippen LogP contribution in [0, 0.1) is 0 Å². The van der Waals surface area contributed by atoms with E-state index in [2.05, 4.69) is 15.2 Å². The van der Waals surface area contributed by atoms with Crippen LogP contribution in [0.1, 0.15) is 31.9 Å². The molecule has 0 atom stereocenters. The van der Waals surface area contributed by atoms with Gasteiger partial charge in [-0.1, -0.05) is 6.42 Å². The molecular formula is C19H25N3O3S. The number of benzene rings is 1. The third kappa shape index (κ3) is 5.71. The molecule has 7 heteroatoms. The number of nitrogens with one attached hydrogen (secondary N) is 1. The van der Waals surface area contributed by atoms with Gasteiger partial charge in [-0.15, -0.1) is 11.3 Å². The highest BCUT2D eigenvalue weighted by atomic mass is 32.1. The van der Waals surface area contributed by atoms with E-state index in [9.17, 15) is 4.79 Å². The van der Waals surface area contributed by atoms with Gasteiger partial charge in [0, 0.05) is 11.9 Å². The molecule has 0 radical (unpaired) electrons. The van der Waals surface area contributed by atoms with Crippen molar-refractivity contribution in [3.8, 4) is 11.5 Å². The van der Waals surface area contributed by atoms with Crippen LogP contribution in [0.25, 0.3) is 0 Å². The fraction of sp³-hybridized carbons (Fsp3) is 0.474. The summed E-state index contributed by atoms with van der Waals surface area (Å²) >= 11 is 1.45. The minimum atomic E-state index is -0.210. The number of anilines is 1. The summed E-state index contributed by atoms with van der Waals surface area (Å²) in [5.41, 5.74) is 1.01. The first-order chi connectivity index (χ1) is 12.7. The van der Waals surface area contributed by atoms with Crippen LogP contribution >= 0.6 is 11.3 Å². The predicted molar refractivity (Wildman–Crippen MR) is 103 cm³/mol.